The molecule has 1 aliphatic heterocycles. The number of esters is 1. The molecule has 3 heteroatoms. The Balaban J connectivity index is 1.81. The van der Waals surface area contributed by atoms with Crippen LogP contribution in [0.3, 0.4) is 0 Å². The molecule has 4 unspecified atom stereocenters. The number of ether oxygens (including phenoxy) is 1. The van der Waals surface area contributed by atoms with Crippen molar-refractivity contribution in [1.29, 1.82) is 0 Å². The molecule has 13 heavy (non-hydrogen) atoms. The number of fused-ring (bicyclic) bond motifs is 2. The molecule has 1 N–H and O–H groups in total. The molecule has 0 bridgehead atoms. The maximum absolute atomic E-state index is 11.4. The fraction of sp³-hybridized carbons (Fsp3) is 0.900. The van der Waals surface area contributed by atoms with Gasteiger partial charge in [-0.15, -0.1) is 0 Å². The van der Waals surface area contributed by atoms with Gasteiger partial charge in [0.05, 0.1) is 7.11 Å². The Bertz CT molecular complexity index is 266. The van der Waals surface area contributed by atoms with Gasteiger partial charge in [0, 0.05) is 12.0 Å². The quantitative estimate of drug-likeness (QED) is 0.600. The van der Waals surface area contributed by atoms with Crippen molar-refractivity contribution in [2.75, 3.05) is 13.7 Å². The van der Waals surface area contributed by atoms with E-state index in [0.29, 0.717) is 5.41 Å². The van der Waals surface area contributed by atoms with Crippen molar-refractivity contribution in [3.63, 3.8) is 0 Å². The normalized spacial score (nSPS) is 51.3. The minimum atomic E-state index is -0.0567. The summed E-state index contributed by atoms with van der Waals surface area (Å²) in [7, 11) is 1.48. The van der Waals surface area contributed by atoms with Gasteiger partial charge in [-0.25, -0.2) is 0 Å². The second-order valence-electron chi connectivity index (χ2n) is 4.71. The van der Waals surface area contributed by atoms with Crippen LogP contribution in [0.15, 0.2) is 0 Å². The highest BCUT2D eigenvalue weighted by Gasteiger charge is 2.66. The first-order valence-electron chi connectivity index (χ1n) is 5.09. The van der Waals surface area contributed by atoms with Crippen molar-refractivity contribution >= 4 is 5.97 Å². The van der Waals surface area contributed by atoms with Gasteiger partial charge in [0.25, 0.3) is 0 Å². The fourth-order valence-electron chi connectivity index (χ4n) is 3.39. The van der Waals surface area contributed by atoms with Gasteiger partial charge >= 0.3 is 5.97 Å². The molecule has 1 heterocycles. The molecule has 0 amide bonds. The van der Waals surface area contributed by atoms with Gasteiger partial charge in [-0.1, -0.05) is 0 Å². The van der Waals surface area contributed by atoms with E-state index < -0.39 is 0 Å². The number of rotatable bonds is 1. The van der Waals surface area contributed by atoms with Crippen molar-refractivity contribution in [2.24, 2.45) is 17.3 Å². The van der Waals surface area contributed by atoms with Crippen molar-refractivity contribution in [1.82, 2.24) is 5.32 Å². The highest BCUT2D eigenvalue weighted by Crippen LogP contribution is 2.65. The molecule has 0 aromatic heterocycles. The van der Waals surface area contributed by atoms with Gasteiger partial charge in [0.15, 0.2) is 0 Å². The number of carbonyl (C=O) groups excluding carboxylic acids is 1. The lowest BCUT2D eigenvalue weighted by Crippen LogP contribution is -2.66. The molecule has 2 saturated carbocycles. The minimum Gasteiger partial charge on any atom is -0.468 e. The number of nitrogens with one attached hydrogen (secondary N) is 1. The Kier molecular flexibility index (Phi) is 1.36. The van der Waals surface area contributed by atoms with Gasteiger partial charge in [-0.3, -0.25) is 4.79 Å². The predicted molar refractivity (Wildman–Crippen MR) is 47.1 cm³/mol. The lowest BCUT2D eigenvalue weighted by Gasteiger charge is -2.47. The topological polar surface area (TPSA) is 38.3 Å². The van der Waals surface area contributed by atoms with Crippen molar-refractivity contribution in [3.05, 3.63) is 0 Å². The summed E-state index contributed by atoms with van der Waals surface area (Å²) >= 11 is 0. The molecule has 3 rings (SSSR count). The smallest absolute Gasteiger partial charge is 0.323 e. The van der Waals surface area contributed by atoms with Gasteiger partial charge in [0.2, 0.25) is 0 Å². The lowest BCUT2D eigenvalue weighted by molar-refractivity contribution is -0.152. The molecule has 3 aliphatic rings. The van der Waals surface area contributed by atoms with Crippen LogP contribution in [0.2, 0.25) is 0 Å². The van der Waals surface area contributed by atoms with Crippen LogP contribution in [0.5, 0.6) is 0 Å². The van der Waals surface area contributed by atoms with E-state index in [2.05, 4.69) is 5.32 Å². The standard InChI is InChI=1S/C10H15NO2/c1-13-9(12)8-10(5-11-8)3-2-6-4-7(6)10/h6-8,11H,2-5H2,1H3. The Hall–Kier alpha value is -0.570. The summed E-state index contributed by atoms with van der Waals surface area (Å²) in [6.07, 6.45) is 3.92. The largest absolute Gasteiger partial charge is 0.468 e. The van der Waals surface area contributed by atoms with Gasteiger partial charge in [-0.05, 0) is 31.1 Å². The third-order valence-electron chi connectivity index (χ3n) is 4.29. The molecule has 1 spiro atoms. The molecule has 3 nitrogen and oxygen atoms in total. The van der Waals surface area contributed by atoms with Crippen LogP contribution in [0.25, 0.3) is 0 Å². The first-order valence-corrected chi connectivity index (χ1v) is 5.09. The van der Waals surface area contributed by atoms with Crippen molar-refractivity contribution < 1.29 is 9.53 Å². The second kappa shape index (κ2) is 2.27. The van der Waals surface area contributed by atoms with Crippen molar-refractivity contribution in [3.8, 4) is 0 Å². The molecule has 0 aromatic carbocycles. The summed E-state index contributed by atoms with van der Waals surface area (Å²) in [5.74, 6) is 1.71. The summed E-state index contributed by atoms with van der Waals surface area (Å²) in [6, 6.07) is 0.00926. The van der Waals surface area contributed by atoms with Crippen LogP contribution in [-0.4, -0.2) is 25.7 Å². The Labute approximate surface area is 77.8 Å². The molecule has 1 saturated heterocycles. The molecule has 72 valence electrons. The molecular weight excluding hydrogens is 166 g/mol. The number of carbonyl (C=O) groups is 1. The van der Waals surface area contributed by atoms with Gasteiger partial charge in [-0.2, -0.15) is 0 Å². The van der Waals surface area contributed by atoms with Gasteiger partial charge < -0.3 is 10.1 Å². The zero-order chi connectivity index (χ0) is 9.05. The van der Waals surface area contributed by atoms with Crippen LogP contribution < -0.4 is 5.32 Å². The van der Waals surface area contributed by atoms with Crippen LogP contribution in [0.4, 0.5) is 0 Å². The Morgan fingerprint density at radius 2 is 2.46 bits per heavy atom. The summed E-state index contributed by atoms with van der Waals surface area (Å²) in [6.45, 7) is 1.04. The lowest BCUT2D eigenvalue weighted by atomic mass is 9.69. The summed E-state index contributed by atoms with van der Waals surface area (Å²) in [5.41, 5.74) is 0.303. The molecule has 3 fully saturated rings. The molecular formula is C10H15NO2. The van der Waals surface area contributed by atoms with Crippen LogP contribution in [0.1, 0.15) is 19.3 Å². The maximum Gasteiger partial charge on any atom is 0.323 e. The summed E-state index contributed by atoms with van der Waals surface area (Å²) in [4.78, 5) is 11.4. The summed E-state index contributed by atoms with van der Waals surface area (Å²) in [5, 5.41) is 3.21. The zero-order valence-corrected chi connectivity index (χ0v) is 7.88. The Morgan fingerprint density at radius 1 is 1.62 bits per heavy atom. The predicted octanol–water partition coefficient (Wildman–Crippen LogP) is 0.547. The van der Waals surface area contributed by atoms with E-state index in [-0.39, 0.29) is 12.0 Å². The monoisotopic (exact) mass is 181 g/mol. The molecule has 2 aliphatic carbocycles. The van der Waals surface area contributed by atoms with E-state index in [1.807, 2.05) is 0 Å². The molecule has 0 radical (unpaired) electrons. The van der Waals surface area contributed by atoms with E-state index in [1.165, 1.54) is 26.4 Å². The Morgan fingerprint density at radius 3 is 2.85 bits per heavy atom. The zero-order valence-electron chi connectivity index (χ0n) is 7.88. The molecule has 4 atom stereocenters. The van der Waals surface area contributed by atoms with Crippen LogP contribution in [-0.2, 0) is 9.53 Å². The average Bonchev–Trinajstić information content (AvgIpc) is 2.78. The van der Waals surface area contributed by atoms with E-state index in [1.54, 1.807) is 0 Å². The maximum atomic E-state index is 11.4. The van der Waals surface area contributed by atoms with E-state index in [0.717, 1.165) is 18.4 Å². The SMILES string of the molecule is COC(=O)C1NCC12CCC1CC12. The van der Waals surface area contributed by atoms with E-state index in [4.69, 9.17) is 4.74 Å². The highest BCUT2D eigenvalue weighted by atomic mass is 16.5. The first kappa shape index (κ1) is 7.80. The average molecular weight is 181 g/mol. The second-order valence-corrected chi connectivity index (χ2v) is 4.71. The third-order valence-corrected chi connectivity index (χ3v) is 4.29. The van der Waals surface area contributed by atoms with Crippen LogP contribution in [0, 0.1) is 17.3 Å². The van der Waals surface area contributed by atoms with E-state index in [9.17, 15) is 4.79 Å². The first-order chi connectivity index (χ1) is 6.28. The highest BCUT2D eigenvalue weighted by molar-refractivity contribution is 5.78. The number of hydrogen-bond acceptors (Lipinski definition) is 3. The van der Waals surface area contributed by atoms with E-state index >= 15 is 0 Å². The number of methoxy groups -OCH3 is 1. The minimum absolute atomic E-state index is 0.00926. The fourth-order valence-corrected chi connectivity index (χ4v) is 3.39. The van der Waals surface area contributed by atoms with Gasteiger partial charge in [0.1, 0.15) is 6.04 Å². The molecule has 0 aromatic rings. The van der Waals surface area contributed by atoms with Crippen LogP contribution >= 0.6 is 0 Å². The summed E-state index contributed by atoms with van der Waals surface area (Å²) < 4.78 is 4.81. The third kappa shape index (κ3) is 0.810. The number of hydrogen-bond donors (Lipinski definition) is 1. The van der Waals surface area contributed by atoms with Crippen molar-refractivity contribution in [2.45, 2.75) is 25.3 Å².